The highest BCUT2D eigenvalue weighted by molar-refractivity contribution is 7.89. The first-order chi connectivity index (χ1) is 8.87. The molecule has 1 aliphatic rings. The van der Waals surface area contributed by atoms with E-state index in [2.05, 4.69) is 5.32 Å². The van der Waals surface area contributed by atoms with Crippen LogP contribution >= 0.6 is 0 Å². The number of hydrogen-bond donors (Lipinski definition) is 1. The van der Waals surface area contributed by atoms with Crippen LogP contribution in [0.3, 0.4) is 0 Å². The van der Waals surface area contributed by atoms with Crippen LogP contribution in [0.25, 0.3) is 0 Å². The molecule has 2 rings (SSSR count). The molecule has 7 nitrogen and oxygen atoms in total. The molecule has 0 radical (unpaired) electrons. The molecular formula is C11H15N3O4S. The summed E-state index contributed by atoms with van der Waals surface area (Å²) < 4.78 is 25.9. The number of nitrogens with one attached hydrogen (secondary N) is 1. The Morgan fingerprint density at radius 3 is 2.53 bits per heavy atom. The van der Waals surface area contributed by atoms with E-state index in [9.17, 15) is 18.5 Å². The minimum atomic E-state index is -3.81. The normalized spacial score (nSPS) is 15.5. The Morgan fingerprint density at radius 1 is 1.42 bits per heavy atom. The van der Waals surface area contributed by atoms with E-state index in [-0.39, 0.29) is 10.9 Å². The van der Waals surface area contributed by atoms with Crippen LogP contribution in [-0.4, -0.2) is 37.8 Å². The Bertz CT molecular complexity index is 610. The molecule has 1 fully saturated rings. The maximum atomic E-state index is 12.3. The summed E-state index contributed by atoms with van der Waals surface area (Å²) in [6, 6.07) is 3.99. The molecule has 0 aromatic heterocycles. The highest BCUT2D eigenvalue weighted by Crippen LogP contribution is 2.34. The molecule has 0 bridgehead atoms. The van der Waals surface area contributed by atoms with E-state index in [0.29, 0.717) is 5.69 Å². The van der Waals surface area contributed by atoms with Gasteiger partial charge >= 0.3 is 0 Å². The summed E-state index contributed by atoms with van der Waals surface area (Å²) in [5.41, 5.74) is 0.0964. The van der Waals surface area contributed by atoms with Crippen LogP contribution < -0.4 is 5.32 Å². The third kappa shape index (κ3) is 2.54. The van der Waals surface area contributed by atoms with Gasteiger partial charge in [0.05, 0.1) is 4.92 Å². The lowest BCUT2D eigenvalue weighted by atomic mass is 10.3. The van der Waals surface area contributed by atoms with Crippen molar-refractivity contribution in [1.29, 1.82) is 0 Å². The van der Waals surface area contributed by atoms with Gasteiger partial charge in [0.1, 0.15) is 0 Å². The van der Waals surface area contributed by atoms with E-state index < -0.39 is 20.6 Å². The lowest BCUT2D eigenvalue weighted by Gasteiger charge is -2.16. The molecular weight excluding hydrogens is 270 g/mol. The van der Waals surface area contributed by atoms with Gasteiger partial charge in [-0.15, -0.1) is 0 Å². The van der Waals surface area contributed by atoms with Gasteiger partial charge in [0.25, 0.3) is 5.69 Å². The molecule has 0 spiro atoms. The lowest BCUT2D eigenvalue weighted by Crippen LogP contribution is -2.29. The Balaban J connectivity index is 2.51. The fraction of sp³-hybridized carbons (Fsp3) is 0.455. The zero-order valence-corrected chi connectivity index (χ0v) is 11.5. The van der Waals surface area contributed by atoms with Crippen molar-refractivity contribution in [3.05, 3.63) is 28.3 Å². The Hall–Kier alpha value is -1.67. The quantitative estimate of drug-likeness (QED) is 0.652. The molecule has 1 aromatic rings. The summed E-state index contributed by atoms with van der Waals surface area (Å²) >= 11 is 0. The van der Waals surface area contributed by atoms with E-state index in [4.69, 9.17) is 0 Å². The van der Waals surface area contributed by atoms with Crippen molar-refractivity contribution in [2.45, 2.75) is 23.8 Å². The number of hydrogen-bond acceptors (Lipinski definition) is 5. The van der Waals surface area contributed by atoms with Crippen molar-refractivity contribution >= 4 is 21.4 Å². The van der Waals surface area contributed by atoms with Crippen molar-refractivity contribution in [3.8, 4) is 0 Å². The minimum absolute atomic E-state index is 0.0337. The van der Waals surface area contributed by atoms with Gasteiger partial charge in [-0.3, -0.25) is 10.1 Å². The number of nitro benzene ring substituents is 1. The van der Waals surface area contributed by atoms with Crippen LogP contribution in [0.5, 0.6) is 0 Å². The number of anilines is 1. The molecule has 0 unspecified atom stereocenters. The van der Waals surface area contributed by atoms with E-state index in [0.717, 1.165) is 12.8 Å². The van der Waals surface area contributed by atoms with Gasteiger partial charge < -0.3 is 5.32 Å². The average Bonchev–Trinajstić information content (AvgIpc) is 3.21. The lowest BCUT2D eigenvalue weighted by molar-refractivity contribution is -0.387. The summed E-state index contributed by atoms with van der Waals surface area (Å²) in [5.74, 6) is 0. The SMILES string of the molecule is CNc1ccc(S(=O)(=O)N(C)C2CC2)c([N+](=O)[O-])c1. The number of nitro groups is 1. The number of nitrogens with zero attached hydrogens (tertiary/aromatic N) is 2. The molecule has 0 heterocycles. The Labute approximate surface area is 111 Å². The van der Waals surface area contributed by atoms with Crippen LogP contribution in [0.4, 0.5) is 11.4 Å². The van der Waals surface area contributed by atoms with Gasteiger partial charge in [-0.2, -0.15) is 4.31 Å². The van der Waals surface area contributed by atoms with Crippen LogP contribution in [-0.2, 0) is 10.0 Å². The highest BCUT2D eigenvalue weighted by atomic mass is 32.2. The molecule has 8 heteroatoms. The molecule has 1 N–H and O–H groups in total. The maximum absolute atomic E-state index is 12.3. The third-order valence-electron chi connectivity index (χ3n) is 3.16. The average molecular weight is 285 g/mol. The Kier molecular flexibility index (Phi) is 3.46. The summed E-state index contributed by atoms with van der Waals surface area (Å²) in [5, 5.41) is 13.8. The van der Waals surface area contributed by atoms with Crippen molar-refractivity contribution in [2.24, 2.45) is 0 Å². The number of rotatable bonds is 5. The van der Waals surface area contributed by atoms with Gasteiger partial charge in [-0.25, -0.2) is 8.42 Å². The molecule has 0 amide bonds. The second-order valence-corrected chi connectivity index (χ2v) is 6.41. The van der Waals surface area contributed by atoms with Crippen LogP contribution in [0.15, 0.2) is 23.1 Å². The van der Waals surface area contributed by atoms with Gasteiger partial charge in [-0.1, -0.05) is 0 Å². The summed E-state index contributed by atoms with van der Waals surface area (Å²) in [6.07, 6.45) is 1.61. The van der Waals surface area contributed by atoms with E-state index in [1.807, 2.05) is 0 Å². The van der Waals surface area contributed by atoms with Crippen molar-refractivity contribution in [3.63, 3.8) is 0 Å². The second kappa shape index (κ2) is 4.78. The number of benzene rings is 1. The summed E-state index contributed by atoms with van der Waals surface area (Å²) in [6.45, 7) is 0. The highest BCUT2D eigenvalue weighted by Gasteiger charge is 2.38. The standard InChI is InChI=1S/C11H15N3O4S/c1-12-8-3-6-11(10(7-8)14(15)16)19(17,18)13(2)9-4-5-9/h3,6-7,9,12H,4-5H2,1-2H3. The molecule has 0 aliphatic heterocycles. The zero-order valence-electron chi connectivity index (χ0n) is 10.7. The smallest absolute Gasteiger partial charge is 0.291 e. The first kappa shape index (κ1) is 13.8. The predicted molar refractivity (Wildman–Crippen MR) is 70.6 cm³/mol. The van der Waals surface area contributed by atoms with Crippen LogP contribution in [0.1, 0.15) is 12.8 Å². The van der Waals surface area contributed by atoms with Crippen LogP contribution in [0, 0.1) is 10.1 Å². The predicted octanol–water partition coefficient (Wildman–Crippen LogP) is 1.42. The molecule has 104 valence electrons. The number of sulfonamides is 1. The maximum Gasteiger partial charge on any atom is 0.291 e. The van der Waals surface area contributed by atoms with E-state index in [1.165, 1.54) is 29.6 Å². The Morgan fingerprint density at radius 2 is 2.05 bits per heavy atom. The fourth-order valence-corrected chi connectivity index (χ4v) is 3.37. The van der Waals surface area contributed by atoms with Crippen molar-refractivity contribution < 1.29 is 13.3 Å². The summed E-state index contributed by atoms with van der Waals surface area (Å²) in [4.78, 5) is 10.1. The topological polar surface area (TPSA) is 92.6 Å². The van der Waals surface area contributed by atoms with Crippen LogP contribution in [0.2, 0.25) is 0 Å². The first-order valence-corrected chi connectivity index (χ1v) is 7.26. The van der Waals surface area contributed by atoms with Crippen molar-refractivity contribution in [1.82, 2.24) is 4.31 Å². The monoisotopic (exact) mass is 285 g/mol. The van der Waals surface area contributed by atoms with Gasteiger partial charge in [0.15, 0.2) is 4.90 Å². The van der Waals surface area contributed by atoms with E-state index >= 15 is 0 Å². The third-order valence-corrected chi connectivity index (χ3v) is 5.12. The molecule has 1 aliphatic carbocycles. The van der Waals surface area contributed by atoms with Gasteiger partial charge in [-0.05, 0) is 25.0 Å². The second-order valence-electron chi connectivity index (χ2n) is 4.44. The largest absolute Gasteiger partial charge is 0.388 e. The zero-order chi connectivity index (χ0) is 14.2. The molecule has 1 saturated carbocycles. The molecule has 19 heavy (non-hydrogen) atoms. The van der Waals surface area contributed by atoms with Crippen molar-refractivity contribution in [2.75, 3.05) is 19.4 Å². The van der Waals surface area contributed by atoms with Gasteiger partial charge in [0.2, 0.25) is 10.0 Å². The molecule has 0 saturated heterocycles. The van der Waals surface area contributed by atoms with Gasteiger partial charge in [0, 0.05) is 31.9 Å². The summed E-state index contributed by atoms with van der Waals surface area (Å²) in [7, 11) is -0.737. The molecule has 0 atom stereocenters. The van der Waals surface area contributed by atoms with E-state index in [1.54, 1.807) is 7.05 Å². The minimum Gasteiger partial charge on any atom is -0.388 e. The molecule has 1 aromatic carbocycles. The fourth-order valence-electron chi connectivity index (χ4n) is 1.82. The first-order valence-electron chi connectivity index (χ1n) is 5.82.